The summed E-state index contributed by atoms with van der Waals surface area (Å²) in [7, 11) is 0. The van der Waals surface area contributed by atoms with Crippen LogP contribution in [0.1, 0.15) is 59.3 Å². The predicted octanol–water partition coefficient (Wildman–Crippen LogP) is 3.71. The molecule has 0 aromatic carbocycles. The molecule has 2 rings (SSSR count). The Morgan fingerprint density at radius 1 is 1.31 bits per heavy atom. The molecule has 0 amide bonds. The van der Waals surface area contributed by atoms with Crippen LogP contribution in [-0.4, -0.2) is 5.78 Å². The van der Waals surface area contributed by atoms with Crippen molar-refractivity contribution in [2.75, 3.05) is 0 Å². The monoisotopic (exact) mass is 221 g/mol. The van der Waals surface area contributed by atoms with Gasteiger partial charge in [0.1, 0.15) is 5.78 Å². The maximum atomic E-state index is 10.5. The van der Waals surface area contributed by atoms with Gasteiger partial charge in [0.25, 0.3) is 0 Å². The molecule has 3 atom stereocenters. The molecule has 0 heterocycles. The number of hydrogen-bond donors (Lipinski definition) is 0. The van der Waals surface area contributed by atoms with Crippen LogP contribution < -0.4 is 0 Å². The molecule has 0 radical (unpaired) electrons. The lowest BCUT2D eigenvalue weighted by molar-refractivity contribution is -0.117. The van der Waals surface area contributed by atoms with E-state index in [2.05, 4.69) is 26.8 Å². The third kappa shape index (κ3) is 3.96. The van der Waals surface area contributed by atoms with Gasteiger partial charge in [0.15, 0.2) is 0 Å². The van der Waals surface area contributed by atoms with Crippen LogP contribution in [0.5, 0.6) is 0 Å². The van der Waals surface area contributed by atoms with E-state index in [1.165, 1.54) is 6.42 Å². The van der Waals surface area contributed by atoms with Crippen LogP contribution in [0.3, 0.4) is 0 Å². The third-order valence-electron chi connectivity index (χ3n) is 3.75. The van der Waals surface area contributed by atoms with Gasteiger partial charge in [0.05, 0.1) is 11.5 Å². The van der Waals surface area contributed by atoms with Gasteiger partial charge >= 0.3 is 0 Å². The first kappa shape index (κ1) is 13.2. The van der Waals surface area contributed by atoms with E-state index in [1.807, 2.05) is 0 Å². The summed E-state index contributed by atoms with van der Waals surface area (Å²) >= 11 is 0. The summed E-state index contributed by atoms with van der Waals surface area (Å²) in [5, 5.41) is 8.69. The Labute approximate surface area is 99.0 Å². The first-order valence-corrected chi connectivity index (χ1v) is 6.38. The minimum atomic E-state index is 0.0133. The van der Waals surface area contributed by atoms with Gasteiger partial charge < -0.3 is 0 Å². The number of rotatable bonds is 0. The van der Waals surface area contributed by atoms with Crippen LogP contribution in [0, 0.1) is 28.6 Å². The van der Waals surface area contributed by atoms with Crippen LogP contribution in [0.2, 0.25) is 0 Å². The SMILES string of the molecule is CC1CCC(=O)C1.CC1CCC(C)(C#N)C1. The number of hydrogen-bond acceptors (Lipinski definition) is 2. The van der Waals surface area contributed by atoms with Crippen molar-refractivity contribution in [3.05, 3.63) is 0 Å². The quantitative estimate of drug-likeness (QED) is 0.625. The van der Waals surface area contributed by atoms with Crippen molar-refractivity contribution in [3.63, 3.8) is 0 Å². The highest BCUT2D eigenvalue weighted by Gasteiger charge is 2.32. The van der Waals surface area contributed by atoms with E-state index >= 15 is 0 Å². The van der Waals surface area contributed by atoms with E-state index in [4.69, 9.17) is 5.26 Å². The minimum absolute atomic E-state index is 0.0133. The predicted molar refractivity (Wildman–Crippen MR) is 64.8 cm³/mol. The molecule has 0 saturated heterocycles. The molecular formula is C14H23NO. The van der Waals surface area contributed by atoms with E-state index in [9.17, 15) is 4.79 Å². The second-order valence-corrected chi connectivity index (χ2v) is 5.91. The van der Waals surface area contributed by atoms with Gasteiger partial charge in [-0.25, -0.2) is 0 Å². The molecular weight excluding hydrogens is 198 g/mol. The Hall–Kier alpha value is -0.840. The smallest absolute Gasteiger partial charge is 0.133 e. The fraction of sp³-hybridized carbons (Fsp3) is 0.857. The van der Waals surface area contributed by atoms with Crippen LogP contribution in [0.4, 0.5) is 0 Å². The number of Topliss-reactive ketones (excluding diaryl/α,β-unsaturated/α-hetero) is 1. The first-order valence-electron chi connectivity index (χ1n) is 6.38. The summed E-state index contributed by atoms with van der Waals surface area (Å²) in [5.74, 6) is 1.90. The van der Waals surface area contributed by atoms with Crippen LogP contribution >= 0.6 is 0 Å². The average Bonchev–Trinajstić information content (AvgIpc) is 2.75. The van der Waals surface area contributed by atoms with Crippen molar-refractivity contribution in [1.82, 2.24) is 0 Å². The highest BCUT2D eigenvalue weighted by atomic mass is 16.1. The van der Waals surface area contributed by atoms with Gasteiger partial charge in [-0.15, -0.1) is 0 Å². The highest BCUT2D eigenvalue weighted by molar-refractivity contribution is 5.80. The molecule has 0 N–H and O–H groups in total. The van der Waals surface area contributed by atoms with Gasteiger partial charge in [0, 0.05) is 12.8 Å². The summed E-state index contributed by atoms with van der Waals surface area (Å²) in [6, 6.07) is 2.37. The van der Waals surface area contributed by atoms with Crippen LogP contribution in [0.15, 0.2) is 0 Å². The lowest BCUT2D eigenvalue weighted by Crippen LogP contribution is -2.06. The number of carbonyl (C=O) groups excluding carboxylic acids is 1. The minimum Gasteiger partial charge on any atom is -0.300 e. The normalized spacial score (nSPS) is 37.8. The van der Waals surface area contributed by atoms with Crippen molar-refractivity contribution in [3.8, 4) is 6.07 Å². The second kappa shape index (κ2) is 5.48. The molecule has 2 aliphatic carbocycles. The molecule has 0 bridgehead atoms. The van der Waals surface area contributed by atoms with E-state index in [-0.39, 0.29) is 5.41 Å². The Kier molecular flexibility index (Phi) is 4.53. The molecule has 2 heteroatoms. The van der Waals surface area contributed by atoms with E-state index < -0.39 is 0 Å². The average molecular weight is 221 g/mol. The lowest BCUT2D eigenvalue weighted by atomic mass is 9.90. The van der Waals surface area contributed by atoms with Gasteiger partial charge in [-0.1, -0.05) is 13.8 Å². The van der Waals surface area contributed by atoms with Gasteiger partial charge in [-0.3, -0.25) is 4.79 Å². The van der Waals surface area contributed by atoms with Gasteiger partial charge in [0.2, 0.25) is 0 Å². The van der Waals surface area contributed by atoms with E-state index in [1.54, 1.807) is 0 Å². The molecule has 0 spiro atoms. The molecule has 2 aliphatic rings. The molecule has 90 valence electrons. The highest BCUT2D eigenvalue weighted by Crippen LogP contribution is 2.40. The molecule has 2 saturated carbocycles. The first-order chi connectivity index (χ1) is 7.45. The van der Waals surface area contributed by atoms with E-state index in [0.717, 1.165) is 38.0 Å². The molecule has 3 unspecified atom stereocenters. The molecule has 0 aromatic rings. The summed E-state index contributed by atoms with van der Waals surface area (Å²) < 4.78 is 0. The van der Waals surface area contributed by atoms with Crippen molar-refractivity contribution in [1.29, 1.82) is 5.26 Å². The molecule has 0 aromatic heterocycles. The van der Waals surface area contributed by atoms with E-state index in [0.29, 0.717) is 11.7 Å². The van der Waals surface area contributed by atoms with Crippen LogP contribution in [0.25, 0.3) is 0 Å². The Morgan fingerprint density at radius 3 is 2.19 bits per heavy atom. The molecule has 0 aliphatic heterocycles. The van der Waals surface area contributed by atoms with Crippen molar-refractivity contribution < 1.29 is 4.79 Å². The molecule has 16 heavy (non-hydrogen) atoms. The molecule has 2 nitrogen and oxygen atoms in total. The maximum absolute atomic E-state index is 10.5. The summed E-state index contributed by atoms with van der Waals surface area (Å²) in [5.41, 5.74) is 0.0133. The maximum Gasteiger partial charge on any atom is 0.133 e. The third-order valence-corrected chi connectivity index (χ3v) is 3.75. The Morgan fingerprint density at radius 2 is 2.00 bits per heavy atom. The zero-order valence-electron chi connectivity index (χ0n) is 10.8. The standard InChI is InChI=1S/C8H13N.C6H10O/c1-7-3-4-8(2,5-7)6-9;1-5-2-3-6(7)4-5/h7H,3-5H2,1-2H3;5H,2-4H2,1H3. The fourth-order valence-corrected chi connectivity index (χ4v) is 2.64. The Bertz CT molecular complexity index is 292. The summed E-state index contributed by atoms with van der Waals surface area (Å²) in [6.45, 7) is 6.42. The van der Waals surface area contributed by atoms with Crippen molar-refractivity contribution >= 4 is 5.78 Å². The van der Waals surface area contributed by atoms with Gasteiger partial charge in [-0.2, -0.15) is 5.26 Å². The lowest BCUT2D eigenvalue weighted by Gasteiger charge is -2.11. The fourth-order valence-electron chi connectivity index (χ4n) is 2.64. The van der Waals surface area contributed by atoms with Crippen LogP contribution in [-0.2, 0) is 4.79 Å². The zero-order valence-corrected chi connectivity index (χ0v) is 10.8. The Balaban J connectivity index is 0.000000165. The number of nitriles is 1. The van der Waals surface area contributed by atoms with Crippen molar-refractivity contribution in [2.45, 2.75) is 59.3 Å². The van der Waals surface area contributed by atoms with Crippen molar-refractivity contribution in [2.24, 2.45) is 17.3 Å². The number of nitrogens with zero attached hydrogens (tertiary/aromatic N) is 1. The number of carbonyl (C=O) groups is 1. The summed E-state index contributed by atoms with van der Waals surface area (Å²) in [6.07, 6.45) is 6.23. The second-order valence-electron chi connectivity index (χ2n) is 5.91. The number of ketones is 1. The van der Waals surface area contributed by atoms with Gasteiger partial charge in [-0.05, 0) is 44.4 Å². The molecule has 2 fully saturated rings. The summed E-state index contributed by atoms with van der Waals surface area (Å²) in [4.78, 5) is 10.5. The topological polar surface area (TPSA) is 40.9 Å². The zero-order chi connectivity index (χ0) is 12.2. The largest absolute Gasteiger partial charge is 0.300 e.